The zero-order valence-corrected chi connectivity index (χ0v) is 12.2. The molecular weight excluding hydrogens is 254 g/mol. The minimum atomic E-state index is -0.282. The molecule has 1 fully saturated rings. The zero-order valence-electron chi connectivity index (χ0n) is 12.2. The highest BCUT2D eigenvalue weighted by molar-refractivity contribution is 5.94. The molecule has 2 atom stereocenters. The summed E-state index contributed by atoms with van der Waals surface area (Å²) in [5.41, 5.74) is 2.93. The van der Waals surface area contributed by atoms with E-state index in [0.717, 1.165) is 29.7 Å². The summed E-state index contributed by atoms with van der Waals surface area (Å²) in [6, 6.07) is 5.91. The van der Waals surface area contributed by atoms with Gasteiger partial charge in [-0.2, -0.15) is 0 Å². The number of carbonyl (C=O) groups excluding carboxylic acids is 2. The number of para-hydroxylation sites is 1. The molecule has 0 radical (unpaired) electrons. The van der Waals surface area contributed by atoms with Gasteiger partial charge in [0.1, 0.15) is 0 Å². The maximum absolute atomic E-state index is 11.9. The molecule has 20 heavy (non-hydrogen) atoms. The quantitative estimate of drug-likeness (QED) is 0.841. The van der Waals surface area contributed by atoms with Crippen LogP contribution >= 0.6 is 0 Å². The van der Waals surface area contributed by atoms with Gasteiger partial charge in [0.05, 0.1) is 5.92 Å². The third-order valence-corrected chi connectivity index (χ3v) is 3.76. The molecule has 1 saturated carbocycles. The zero-order chi connectivity index (χ0) is 14.7. The van der Waals surface area contributed by atoms with Crippen molar-refractivity contribution in [2.75, 3.05) is 11.9 Å². The summed E-state index contributed by atoms with van der Waals surface area (Å²) < 4.78 is 5.03. The van der Waals surface area contributed by atoms with Crippen molar-refractivity contribution >= 4 is 17.6 Å². The van der Waals surface area contributed by atoms with Crippen LogP contribution in [0, 0.1) is 18.8 Å². The lowest BCUT2D eigenvalue weighted by Gasteiger charge is -2.13. The van der Waals surface area contributed by atoms with Crippen LogP contribution in [0.2, 0.25) is 0 Å². The number of amides is 1. The molecule has 0 spiro atoms. The molecule has 108 valence electrons. The Balaban J connectivity index is 1.90. The highest BCUT2D eigenvalue weighted by Crippen LogP contribution is 2.38. The summed E-state index contributed by atoms with van der Waals surface area (Å²) in [5.74, 6) is -0.148. The molecule has 0 aliphatic heterocycles. The lowest BCUT2D eigenvalue weighted by Crippen LogP contribution is -2.22. The van der Waals surface area contributed by atoms with Gasteiger partial charge in [0.2, 0.25) is 0 Å². The number of rotatable bonds is 5. The Hall–Kier alpha value is -1.84. The molecule has 0 aromatic heterocycles. The van der Waals surface area contributed by atoms with E-state index in [4.69, 9.17) is 4.74 Å². The van der Waals surface area contributed by atoms with Crippen molar-refractivity contribution in [3.05, 3.63) is 29.3 Å². The maximum Gasteiger partial charge on any atom is 0.309 e. The van der Waals surface area contributed by atoms with E-state index in [1.165, 1.54) is 0 Å². The predicted octanol–water partition coefficient (Wildman–Crippen LogP) is 2.70. The van der Waals surface area contributed by atoms with Crippen molar-refractivity contribution in [1.29, 1.82) is 0 Å². The van der Waals surface area contributed by atoms with E-state index in [-0.39, 0.29) is 24.4 Å². The molecule has 0 heterocycles. The molecule has 2 rings (SSSR count). The van der Waals surface area contributed by atoms with Crippen LogP contribution in [0.15, 0.2) is 18.2 Å². The topological polar surface area (TPSA) is 55.4 Å². The SMILES string of the molecule is CCc1cccc(C)c1NC(=O)COC(=O)[C@H]1C[C@@H]1C. The Labute approximate surface area is 119 Å². The average Bonchev–Trinajstić information content (AvgIpc) is 3.15. The predicted molar refractivity (Wildman–Crippen MR) is 77.4 cm³/mol. The normalized spacial score (nSPS) is 20.4. The first-order valence-corrected chi connectivity index (χ1v) is 7.08. The third-order valence-electron chi connectivity index (χ3n) is 3.76. The molecule has 1 aliphatic carbocycles. The second-order valence-electron chi connectivity index (χ2n) is 5.44. The average molecular weight is 275 g/mol. The minimum Gasteiger partial charge on any atom is -0.455 e. The standard InChI is InChI=1S/C16H21NO3/c1-4-12-7-5-6-10(2)15(12)17-14(18)9-20-16(19)13-8-11(13)3/h5-7,11,13H,4,8-9H2,1-3H3,(H,17,18)/t11-,13-/m0/s1. The fraction of sp³-hybridized carbons (Fsp3) is 0.500. The molecule has 1 aromatic rings. The van der Waals surface area contributed by atoms with Crippen LogP contribution in [0.25, 0.3) is 0 Å². The largest absolute Gasteiger partial charge is 0.455 e. The number of nitrogens with one attached hydrogen (secondary N) is 1. The van der Waals surface area contributed by atoms with Crippen molar-refractivity contribution in [3.63, 3.8) is 0 Å². The number of hydrogen-bond donors (Lipinski definition) is 1. The molecule has 1 aromatic carbocycles. The lowest BCUT2D eigenvalue weighted by molar-refractivity contribution is -0.148. The molecule has 1 N–H and O–H groups in total. The third kappa shape index (κ3) is 3.38. The van der Waals surface area contributed by atoms with Gasteiger partial charge in [0, 0.05) is 5.69 Å². The molecule has 0 unspecified atom stereocenters. The van der Waals surface area contributed by atoms with Gasteiger partial charge >= 0.3 is 5.97 Å². The van der Waals surface area contributed by atoms with Crippen molar-refractivity contribution in [3.8, 4) is 0 Å². The van der Waals surface area contributed by atoms with Gasteiger partial charge in [0.15, 0.2) is 6.61 Å². The fourth-order valence-electron chi connectivity index (χ4n) is 2.27. The first-order valence-electron chi connectivity index (χ1n) is 7.08. The minimum absolute atomic E-state index is 0.00698. The monoisotopic (exact) mass is 275 g/mol. The fourth-order valence-corrected chi connectivity index (χ4v) is 2.27. The van der Waals surface area contributed by atoms with Gasteiger partial charge in [-0.25, -0.2) is 0 Å². The van der Waals surface area contributed by atoms with Crippen molar-refractivity contribution in [1.82, 2.24) is 0 Å². The van der Waals surface area contributed by atoms with Crippen LogP contribution in [0.4, 0.5) is 5.69 Å². The van der Waals surface area contributed by atoms with Crippen LogP contribution in [-0.4, -0.2) is 18.5 Å². The second-order valence-corrected chi connectivity index (χ2v) is 5.44. The summed E-state index contributed by atoms with van der Waals surface area (Å²) in [7, 11) is 0. The van der Waals surface area contributed by atoms with Gasteiger partial charge in [0.25, 0.3) is 5.91 Å². The van der Waals surface area contributed by atoms with Gasteiger partial charge in [-0.1, -0.05) is 32.0 Å². The number of anilines is 1. The van der Waals surface area contributed by atoms with Crippen LogP contribution in [0.5, 0.6) is 0 Å². The Kier molecular flexibility index (Phi) is 4.42. The van der Waals surface area contributed by atoms with Crippen LogP contribution in [-0.2, 0) is 20.7 Å². The number of esters is 1. The first-order chi connectivity index (χ1) is 9.52. The van der Waals surface area contributed by atoms with E-state index in [1.807, 2.05) is 39.0 Å². The number of ether oxygens (including phenoxy) is 1. The molecule has 1 amide bonds. The summed E-state index contributed by atoms with van der Waals surface area (Å²) >= 11 is 0. The van der Waals surface area contributed by atoms with Gasteiger partial charge in [-0.3, -0.25) is 9.59 Å². The Morgan fingerprint density at radius 2 is 2.10 bits per heavy atom. The summed E-state index contributed by atoms with van der Waals surface area (Å²) in [6.07, 6.45) is 1.72. The summed E-state index contributed by atoms with van der Waals surface area (Å²) in [5, 5.41) is 2.84. The van der Waals surface area contributed by atoms with E-state index < -0.39 is 0 Å². The summed E-state index contributed by atoms with van der Waals surface area (Å²) in [4.78, 5) is 23.4. The number of hydrogen-bond acceptors (Lipinski definition) is 3. The van der Waals surface area contributed by atoms with E-state index in [1.54, 1.807) is 0 Å². The molecule has 4 nitrogen and oxygen atoms in total. The Bertz CT molecular complexity index is 524. The molecule has 1 aliphatic rings. The first kappa shape index (κ1) is 14.6. The number of benzene rings is 1. The highest BCUT2D eigenvalue weighted by Gasteiger charge is 2.40. The lowest BCUT2D eigenvalue weighted by atomic mass is 10.1. The maximum atomic E-state index is 11.9. The Morgan fingerprint density at radius 1 is 1.40 bits per heavy atom. The van der Waals surface area contributed by atoms with Gasteiger partial charge < -0.3 is 10.1 Å². The van der Waals surface area contributed by atoms with Crippen LogP contribution in [0.3, 0.4) is 0 Å². The van der Waals surface area contributed by atoms with E-state index >= 15 is 0 Å². The molecule has 0 saturated heterocycles. The van der Waals surface area contributed by atoms with Crippen molar-refractivity contribution in [2.24, 2.45) is 11.8 Å². The van der Waals surface area contributed by atoms with Crippen LogP contribution < -0.4 is 5.32 Å². The van der Waals surface area contributed by atoms with Gasteiger partial charge in [-0.15, -0.1) is 0 Å². The smallest absolute Gasteiger partial charge is 0.309 e. The second kappa shape index (κ2) is 6.07. The van der Waals surface area contributed by atoms with E-state index in [9.17, 15) is 9.59 Å². The van der Waals surface area contributed by atoms with Crippen molar-refractivity contribution in [2.45, 2.75) is 33.6 Å². The Morgan fingerprint density at radius 3 is 2.70 bits per heavy atom. The number of aryl methyl sites for hydroxylation is 2. The van der Waals surface area contributed by atoms with E-state index in [2.05, 4.69) is 5.32 Å². The molecule has 4 heteroatoms. The summed E-state index contributed by atoms with van der Waals surface area (Å²) in [6.45, 7) is 5.79. The van der Waals surface area contributed by atoms with Crippen LogP contribution in [0.1, 0.15) is 31.4 Å². The van der Waals surface area contributed by atoms with E-state index in [0.29, 0.717) is 5.92 Å². The highest BCUT2D eigenvalue weighted by atomic mass is 16.5. The molecule has 0 bridgehead atoms. The van der Waals surface area contributed by atoms with Crippen molar-refractivity contribution < 1.29 is 14.3 Å². The van der Waals surface area contributed by atoms with Gasteiger partial charge in [-0.05, 0) is 36.8 Å². The molecular formula is C16H21NO3. The number of carbonyl (C=O) groups is 2.